The molecule has 2 N–H and O–H groups in total. The van der Waals surface area contributed by atoms with E-state index < -0.39 is 47.2 Å². The van der Waals surface area contributed by atoms with Crippen molar-refractivity contribution in [1.82, 2.24) is 0 Å². The first-order chi connectivity index (χ1) is 59.8. The van der Waals surface area contributed by atoms with Gasteiger partial charge in [-0.1, -0.05) is 220 Å². The molecule has 4 fully saturated rings. The summed E-state index contributed by atoms with van der Waals surface area (Å²) in [5.74, 6) is -1.43. The van der Waals surface area contributed by atoms with E-state index in [0.29, 0.717) is 81.6 Å². The van der Waals surface area contributed by atoms with E-state index in [-0.39, 0.29) is 105 Å². The van der Waals surface area contributed by atoms with Gasteiger partial charge in [-0.3, -0.25) is 9.59 Å². The lowest BCUT2D eigenvalue weighted by Gasteiger charge is -2.40. The maximum absolute atomic E-state index is 15.9. The summed E-state index contributed by atoms with van der Waals surface area (Å²) in [5, 5.41) is 22.6. The Hall–Kier alpha value is -9.04. The first-order valence-corrected chi connectivity index (χ1v) is 45.8. The van der Waals surface area contributed by atoms with E-state index in [2.05, 4.69) is 38.1 Å². The van der Waals surface area contributed by atoms with E-state index >= 15 is 4.79 Å². The Morgan fingerprint density at radius 1 is 0.390 bits per heavy atom. The standard InChI is InChI=1S/C106H134O17/c1-75(93(107)67-91(113-69-77-33-13-7-14-34-77)65-89-55-31-59-97(121-89)105(3,4)103(111)117-73-81-41-21-11-22-42-81)61-63-87-53-29-51-86(119-87)50-26-46-84-48-28-58-95(116-72-80-39-19-10-20-40-80)100(84)102(110)123-96(68-92(114-70-78-35-15-8-16-36-78)66-90-56-32-60-98(122-90)106(5,6)104(112)118-74-82-43-23-12-24-44-82)76(2)62-64-88-54-30-52-85(120-88)49-25-45-83-47-27-57-94(99(83)101(108)109)115-71-79-37-17-9-18-38-79/h7-24,27-28,33-44,47-48,57-58,75-76,85-93,96-98,107H,25-26,29-32,45-46,49-56,59-74H2,1-6H3,(H,108,109)/t75-,76-,85-,86-,87-,88-,89-,90-,91-,92-,93+,96+,97+,98+/m0/s1. The van der Waals surface area contributed by atoms with Crippen LogP contribution in [0.25, 0.3) is 0 Å². The van der Waals surface area contributed by atoms with Gasteiger partial charge in [0, 0.05) is 6.42 Å². The highest BCUT2D eigenvalue weighted by Crippen LogP contribution is 2.41. The lowest BCUT2D eigenvalue weighted by atomic mass is 9.81. The molecule has 12 rings (SSSR count). The number of carboxylic acid groups (broad SMARTS) is 1. The van der Waals surface area contributed by atoms with Crippen molar-refractivity contribution in [2.24, 2.45) is 22.7 Å². The molecule has 0 amide bonds. The summed E-state index contributed by atoms with van der Waals surface area (Å²) >= 11 is 0. The van der Waals surface area contributed by atoms with Crippen molar-refractivity contribution >= 4 is 23.9 Å². The smallest absolute Gasteiger partial charge is 0.342 e. The molecule has 4 heterocycles. The van der Waals surface area contributed by atoms with Crippen LogP contribution in [-0.4, -0.2) is 107 Å². The van der Waals surface area contributed by atoms with Gasteiger partial charge in [-0.25, -0.2) is 9.59 Å². The lowest BCUT2D eigenvalue weighted by Crippen LogP contribution is -2.45. The molecule has 8 aromatic carbocycles. The molecule has 0 bridgehead atoms. The van der Waals surface area contributed by atoms with Gasteiger partial charge in [-0.2, -0.15) is 0 Å². The van der Waals surface area contributed by atoms with Gasteiger partial charge >= 0.3 is 23.9 Å². The van der Waals surface area contributed by atoms with Crippen LogP contribution in [0.3, 0.4) is 0 Å². The van der Waals surface area contributed by atoms with E-state index in [1.54, 1.807) is 6.07 Å². The minimum atomic E-state index is -1.01. The van der Waals surface area contributed by atoms with Crippen LogP contribution in [0.15, 0.2) is 218 Å². The Kier molecular flexibility index (Phi) is 36.3. The summed E-state index contributed by atoms with van der Waals surface area (Å²) in [4.78, 5) is 56.4. The van der Waals surface area contributed by atoms with Gasteiger partial charge in [0.05, 0.1) is 91.2 Å². The Morgan fingerprint density at radius 3 is 1.15 bits per heavy atom. The zero-order valence-electron chi connectivity index (χ0n) is 73.5. The zero-order chi connectivity index (χ0) is 86.2. The van der Waals surface area contributed by atoms with Crippen LogP contribution in [0, 0.1) is 22.7 Å². The third-order valence-corrected chi connectivity index (χ3v) is 25.9. The highest BCUT2D eigenvalue weighted by molar-refractivity contribution is 5.94. The summed E-state index contributed by atoms with van der Waals surface area (Å²) < 4.78 is 73.4. The second-order valence-corrected chi connectivity index (χ2v) is 36.2. The molecule has 0 aliphatic carbocycles. The highest BCUT2D eigenvalue weighted by Gasteiger charge is 2.45. The fourth-order valence-corrected chi connectivity index (χ4v) is 18.2. The predicted octanol–water partition coefficient (Wildman–Crippen LogP) is 22.6. The van der Waals surface area contributed by atoms with Crippen LogP contribution >= 0.6 is 0 Å². The molecule has 4 aliphatic heterocycles. The number of hydrogen-bond donors (Lipinski definition) is 2. The zero-order valence-corrected chi connectivity index (χ0v) is 73.5. The largest absolute Gasteiger partial charge is 0.488 e. The number of aryl methyl sites for hydroxylation is 2. The second-order valence-electron chi connectivity index (χ2n) is 36.2. The second kappa shape index (κ2) is 47.9. The molecule has 17 nitrogen and oxygen atoms in total. The van der Waals surface area contributed by atoms with Gasteiger partial charge < -0.3 is 62.3 Å². The predicted molar refractivity (Wildman–Crippen MR) is 478 cm³/mol. The molecule has 0 radical (unpaired) electrons. The Balaban J connectivity index is 0.716. The van der Waals surface area contributed by atoms with Crippen LogP contribution in [0.1, 0.15) is 261 Å². The number of aromatic carboxylic acids is 1. The molecule has 17 heteroatoms. The third-order valence-electron chi connectivity index (χ3n) is 25.9. The monoisotopic (exact) mass is 1680 g/mol. The van der Waals surface area contributed by atoms with Crippen molar-refractivity contribution in [1.29, 1.82) is 0 Å². The number of carboxylic acids is 1. The minimum Gasteiger partial charge on any atom is -0.488 e. The van der Waals surface area contributed by atoms with Crippen molar-refractivity contribution < 1.29 is 81.5 Å². The highest BCUT2D eigenvalue weighted by atomic mass is 16.6. The Morgan fingerprint density at radius 2 is 0.740 bits per heavy atom. The normalized spacial score (nSPS) is 21.0. The number of rotatable bonds is 47. The molecular formula is C106H134O17. The number of hydrogen-bond acceptors (Lipinski definition) is 16. The average Bonchev–Trinajstić information content (AvgIpc) is 0.822. The molecule has 0 saturated carbocycles. The fourth-order valence-electron chi connectivity index (χ4n) is 18.2. The van der Waals surface area contributed by atoms with Crippen LogP contribution in [-0.2, 0) is 105 Å². The number of aliphatic hydroxyl groups excluding tert-OH is 1. The molecule has 0 aromatic heterocycles. The molecule has 4 aliphatic rings. The van der Waals surface area contributed by atoms with Crippen LogP contribution < -0.4 is 9.47 Å². The fraction of sp³-hybridized carbons (Fsp3) is 0.509. The number of aliphatic hydroxyl groups is 1. The van der Waals surface area contributed by atoms with Gasteiger partial charge in [0.15, 0.2) is 0 Å². The number of carbonyl (C=O) groups is 4. The topological polar surface area (TPSA) is 210 Å². The summed E-state index contributed by atoms with van der Waals surface area (Å²) in [6, 6.07) is 70.9. The summed E-state index contributed by atoms with van der Waals surface area (Å²) in [5.41, 5.74) is 6.25. The van der Waals surface area contributed by atoms with Crippen molar-refractivity contribution in [3.8, 4) is 11.5 Å². The van der Waals surface area contributed by atoms with Crippen molar-refractivity contribution in [3.05, 3.63) is 274 Å². The van der Waals surface area contributed by atoms with E-state index in [1.165, 1.54) is 0 Å². The molecule has 123 heavy (non-hydrogen) atoms. The number of carbonyl (C=O) groups excluding carboxylic acids is 3. The minimum absolute atomic E-state index is 0.00250. The molecule has 14 atom stereocenters. The average molecular weight is 1680 g/mol. The van der Waals surface area contributed by atoms with Crippen molar-refractivity contribution in [2.75, 3.05) is 0 Å². The number of esters is 3. The molecular weight excluding hydrogens is 1550 g/mol. The molecule has 660 valence electrons. The van der Waals surface area contributed by atoms with E-state index in [4.69, 9.17) is 52.1 Å². The lowest BCUT2D eigenvalue weighted by molar-refractivity contribution is -0.176. The summed E-state index contributed by atoms with van der Waals surface area (Å²) in [7, 11) is 0. The Labute approximate surface area is 730 Å². The van der Waals surface area contributed by atoms with Crippen LogP contribution in [0.4, 0.5) is 0 Å². The van der Waals surface area contributed by atoms with E-state index in [1.807, 2.05) is 216 Å². The molecule has 0 unspecified atom stereocenters. The third kappa shape index (κ3) is 29.0. The molecule has 8 aromatic rings. The first-order valence-electron chi connectivity index (χ1n) is 45.8. The van der Waals surface area contributed by atoms with Gasteiger partial charge in [-0.05, 0) is 257 Å². The summed E-state index contributed by atoms with van der Waals surface area (Å²) in [6.45, 7) is 13.6. The molecule has 4 saturated heterocycles. The van der Waals surface area contributed by atoms with E-state index in [9.17, 15) is 24.6 Å². The van der Waals surface area contributed by atoms with E-state index in [0.717, 1.165) is 160 Å². The number of benzene rings is 8. The van der Waals surface area contributed by atoms with Gasteiger partial charge in [0.25, 0.3) is 0 Å². The quantitative estimate of drug-likeness (QED) is 0.0268. The van der Waals surface area contributed by atoms with Gasteiger partial charge in [-0.15, -0.1) is 0 Å². The maximum Gasteiger partial charge on any atom is 0.342 e. The van der Waals surface area contributed by atoms with Crippen LogP contribution in [0.5, 0.6) is 11.5 Å². The van der Waals surface area contributed by atoms with Gasteiger partial charge in [0.2, 0.25) is 0 Å². The first kappa shape index (κ1) is 93.1. The van der Waals surface area contributed by atoms with Gasteiger partial charge in [0.1, 0.15) is 55.2 Å². The maximum atomic E-state index is 15.9. The Bertz CT molecular complexity index is 4450. The molecule has 0 spiro atoms. The van der Waals surface area contributed by atoms with Crippen LogP contribution in [0.2, 0.25) is 0 Å². The number of ether oxygens (including phenoxy) is 11. The van der Waals surface area contributed by atoms with Crippen molar-refractivity contribution in [2.45, 2.75) is 321 Å². The SMILES string of the molecule is C[C@@H](CC[C@@H]1CCC[C@H](CCCc2cccc(OCc3ccccc3)c2C(=O)O[C@H](C[C@H](C[C@@H]2CCC[C@H](C(C)(C)C(=O)OCc3ccccc3)O2)OCc2ccccc2)[C@@H](C)CC[C@@H]2CCC[C@H](CCCc3cccc(OCc4ccccc4)c3C(=O)O)O2)O1)[C@H](O)C[C@H](C[C@@H]1CCC[C@H](C(C)(C)C(=O)OCc2ccccc2)O1)OCc1ccccc1. The van der Waals surface area contributed by atoms with Crippen molar-refractivity contribution in [3.63, 3.8) is 0 Å². The summed E-state index contributed by atoms with van der Waals surface area (Å²) in [6.07, 6.45) is 16.6.